The number of rotatable bonds is 11. The summed E-state index contributed by atoms with van der Waals surface area (Å²) in [5, 5.41) is 3.05. The molecule has 1 N–H and O–H groups in total. The number of carbonyl (C=O) groups excluding carboxylic acids is 2. The van der Waals surface area contributed by atoms with Crippen LogP contribution in [-0.2, 0) is 9.59 Å². The van der Waals surface area contributed by atoms with Gasteiger partial charge in [-0.15, -0.1) is 0 Å². The van der Waals surface area contributed by atoms with E-state index in [1.54, 1.807) is 6.08 Å². The molecule has 1 saturated heterocycles. The second-order valence-electron chi connectivity index (χ2n) is 7.74. The molecule has 0 aromatic heterocycles. The number of nitrogens with one attached hydrogen (secondary N) is 1. The SMILES string of the molecule is CCCOc1ccc(C=CC(=O)NC(CN2CCCC2=O)c2ccccc2)cc1OCC. The van der Waals surface area contributed by atoms with Crippen LogP contribution in [0.15, 0.2) is 54.6 Å². The molecule has 6 heteroatoms. The quantitative estimate of drug-likeness (QED) is 0.531. The zero-order valence-corrected chi connectivity index (χ0v) is 18.9. The Morgan fingerprint density at radius 3 is 2.62 bits per heavy atom. The van der Waals surface area contributed by atoms with Gasteiger partial charge in [-0.05, 0) is 49.1 Å². The second-order valence-corrected chi connectivity index (χ2v) is 7.74. The Bertz CT molecular complexity index is 927. The molecule has 1 heterocycles. The third-order valence-corrected chi connectivity index (χ3v) is 5.25. The van der Waals surface area contributed by atoms with Gasteiger partial charge in [0.05, 0.1) is 19.3 Å². The van der Waals surface area contributed by atoms with Gasteiger partial charge in [0, 0.05) is 25.6 Å². The number of nitrogens with zero attached hydrogens (tertiary/aromatic N) is 1. The van der Waals surface area contributed by atoms with Gasteiger partial charge in [-0.3, -0.25) is 9.59 Å². The number of hydrogen-bond donors (Lipinski definition) is 1. The lowest BCUT2D eigenvalue weighted by Crippen LogP contribution is -2.38. The lowest BCUT2D eigenvalue weighted by atomic mass is 10.1. The molecule has 6 nitrogen and oxygen atoms in total. The first-order valence-corrected chi connectivity index (χ1v) is 11.3. The molecule has 0 bridgehead atoms. The molecule has 0 radical (unpaired) electrons. The zero-order valence-electron chi connectivity index (χ0n) is 18.9. The van der Waals surface area contributed by atoms with Crippen molar-refractivity contribution in [2.75, 3.05) is 26.3 Å². The van der Waals surface area contributed by atoms with Crippen LogP contribution in [0.5, 0.6) is 11.5 Å². The summed E-state index contributed by atoms with van der Waals surface area (Å²) in [6, 6.07) is 15.1. The fourth-order valence-corrected chi connectivity index (χ4v) is 3.66. The van der Waals surface area contributed by atoms with Crippen LogP contribution >= 0.6 is 0 Å². The van der Waals surface area contributed by atoms with E-state index in [2.05, 4.69) is 12.2 Å². The fraction of sp³-hybridized carbons (Fsp3) is 0.385. The average molecular weight is 437 g/mol. The number of amides is 2. The maximum absolute atomic E-state index is 12.7. The van der Waals surface area contributed by atoms with Gasteiger partial charge in [-0.1, -0.05) is 43.3 Å². The molecule has 2 aromatic rings. The third kappa shape index (κ3) is 6.61. The van der Waals surface area contributed by atoms with Gasteiger partial charge in [-0.2, -0.15) is 0 Å². The first-order valence-electron chi connectivity index (χ1n) is 11.3. The number of ether oxygens (including phenoxy) is 2. The first kappa shape index (κ1) is 23.4. The molecule has 1 aliphatic heterocycles. The standard InChI is InChI=1S/C26H32N2O4/c1-3-17-32-23-14-12-20(18-24(23)31-4-2)13-15-25(29)27-22(21-9-6-5-7-10-21)19-28-16-8-11-26(28)30/h5-7,9-10,12-15,18,22H,3-4,8,11,16-17,19H2,1-2H3,(H,27,29). The van der Waals surface area contributed by atoms with E-state index in [4.69, 9.17) is 9.47 Å². The van der Waals surface area contributed by atoms with Crippen LogP contribution < -0.4 is 14.8 Å². The predicted octanol–water partition coefficient (Wildman–Crippen LogP) is 4.37. The van der Waals surface area contributed by atoms with Crippen molar-refractivity contribution in [2.45, 2.75) is 39.2 Å². The molecule has 0 aliphatic carbocycles. The zero-order chi connectivity index (χ0) is 22.8. The molecule has 1 atom stereocenters. The van der Waals surface area contributed by atoms with Crippen molar-refractivity contribution in [2.24, 2.45) is 0 Å². The van der Waals surface area contributed by atoms with Crippen molar-refractivity contribution in [1.29, 1.82) is 0 Å². The number of hydrogen-bond acceptors (Lipinski definition) is 4. The van der Waals surface area contributed by atoms with E-state index in [0.29, 0.717) is 37.7 Å². The van der Waals surface area contributed by atoms with Gasteiger partial charge in [0.2, 0.25) is 11.8 Å². The molecule has 1 unspecified atom stereocenters. The van der Waals surface area contributed by atoms with E-state index in [1.807, 2.05) is 60.4 Å². The molecule has 0 saturated carbocycles. The van der Waals surface area contributed by atoms with Crippen molar-refractivity contribution >= 4 is 17.9 Å². The van der Waals surface area contributed by atoms with Crippen LogP contribution in [0.2, 0.25) is 0 Å². The number of benzene rings is 2. The second kappa shape index (κ2) is 11.9. The highest BCUT2D eigenvalue weighted by Crippen LogP contribution is 2.29. The largest absolute Gasteiger partial charge is 0.490 e. The minimum Gasteiger partial charge on any atom is -0.490 e. The molecule has 3 rings (SSSR count). The summed E-state index contributed by atoms with van der Waals surface area (Å²) in [4.78, 5) is 26.6. The Balaban J connectivity index is 1.69. The fourth-order valence-electron chi connectivity index (χ4n) is 3.66. The summed E-state index contributed by atoms with van der Waals surface area (Å²) in [6.45, 7) is 6.34. The van der Waals surface area contributed by atoms with E-state index >= 15 is 0 Å². The summed E-state index contributed by atoms with van der Waals surface area (Å²) in [6.07, 6.45) is 5.63. The molecular formula is C26H32N2O4. The molecule has 32 heavy (non-hydrogen) atoms. The van der Waals surface area contributed by atoms with Gasteiger partial charge in [0.25, 0.3) is 0 Å². The smallest absolute Gasteiger partial charge is 0.244 e. The Morgan fingerprint density at radius 2 is 1.94 bits per heavy atom. The highest BCUT2D eigenvalue weighted by molar-refractivity contribution is 5.92. The van der Waals surface area contributed by atoms with Crippen LogP contribution in [0.1, 0.15) is 50.3 Å². The maximum Gasteiger partial charge on any atom is 0.244 e. The van der Waals surface area contributed by atoms with E-state index in [0.717, 1.165) is 30.5 Å². The molecular weight excluding hydrogens is 404 g/mol. The van der Waals surface area contributed by atoms with Crippen molar-refractivity contribution in [1.82, 2.24) is 10.2 Å². The van der Waals surface area contributed by atoms with Gasteiger partial charge >= 0.3 is 0 Å². The summed E-state index contributed by atoms with van der Waals surface area (Å²) < 4.78 is 11.4. The molecule has 2 aromatic carbocycles. The highest BCUT2D eigenvalue weighted by atomic mass is 16.5. The van der Waals surface area contributed by atoms with Crippen LogP contribution in [0.4, 0.5) is 0 Å². The number of likely N-dealkylation sites (tertiary alicyclic amines) is 1. The average Bonchev–Trinajstić information content (AvgIpc) is 3.21. The van der Waals surface area contributed by atoms with E-state index < -0.39 is 0 Å². The molecule has 1 aliphatic rings. The predicted molar refractivity (Wildman–Crippen MR) is 126 cm³/mol. The van der Waals surface area contributed by atoms with Crippen LogP contribution in [0, 0.1) is 0 Å². The summed E-state index contributed by atoms with van der Waals surface area (Å²) in [5.41, 5.74) is 1.82. The summed E-state index contributed by atoms with van der Waals surface area (Å²) >= 11 is 0. The van der Waals surface area contributed by atoms with E-state index in [9.17, 15) is 9.59 Å². The minimum absolute atomic E-state index is 0.143. The van der Waals surface area contributed by atoms with Crippen molar-refractivity contribution in [3.63, 3.8) is 0 Å². The normalized spacial score (nSPS) is 14.6. The van der Waals surface area contributed by atoms with Crippen LogP contribution in [0.3, 0.4) is 0 Å². The third-order valence-electron chi connectivity index (χ3n) is 5.25. The lowest BCUT2D eigenvalue weighted by molar-refractivity contribution is -0.128. The Labute approximate surface area is 190 Å². The van der Waals surface area contributed by atoms with Gasteiger partial charge < -0.3 is 19.7 Å². The van der Waals surface area contributed by atoms with Gasteiger partial charge in [0.1, 0.15) is 0 Å². The minimum atomic E-state index is -0.265. The van der Waals surface area contributed by atoms with E-state index in [-0.39, 0.29) is 17.9 Å². The maximum atomic E-state index is 12.7. The number of carbonyl (C=O) groups is 2. The summed E-state index contributed by atoms with van der Waals surface area (Å²) in [7, 11) is 0. The van der Waals surface area contributed by atoms with Crippen LogP contribution in [-0.4, -0.2) is 43.0 Å². The lowest BCUT2D eigenvalue weighted by Gasteiger charge is -2.24. The molecule has 1 fully saturated rings. The Kier molecular flexibility index (Phi) is 8.72. The van der Waals surface area contributed by atoms with Gasteiger partial charge in [-0.25, -0.2) is 0 Å². The van der Waals surface area contributed by atoms with Crippen molar-refractivity contribution < 1.29 is 19.1 Å². The first-order chi connectivity index (χ1) is 15.6. The molecule has 0 spiro atoms. The monoisotopic (exact) mass is 436 g/mol. The Morgan fingerprint density at radius 1 is 1.12 bits per heavy atom. The Hall–Kier alpha value is -3.28. The molecule has 2 amide bonds. The van der Waals surface area contributed by atoms with Crippen molar-refractivity contribution in [3.05, 3.63) is 65.7 Å². The highest BCUT2D eigenvalue weighted by Gasteiger charge is 2.24. The summed E-state index contributed by atoms with van der Waals surface area (Å²) in [5.74, 6) is 1.30. The topological polar surface area (TPSA) is 67.9 Å². The molecule has 170 valence electrons. The van der Waals surface area contributed by atoms with Crippen molar-refractivity contribution in [3.8, 4) is 11.5 Å². The van der Waals surface area contributed by atoms with Crippen LogP contribution in [0.25, 0.3) is 6.08 Å². The van der Waals surface area contributed by atoms with E-state index in [1.165, 1.54) is 6.08 Å². The van der Waals surface area contributed by atoms with Gasteiger partial charge in [0.15, 0.2) is 11.5 Å².